The second-order valence-corrected chi connectivity index (χ2v) is 6.33. The Morgan fingerprint density at radius 1 is 1.35 bits per heavy atom. The molecule has 0 spiro atoms. The summed E-state index contributed by atoms with van der Waals surface area (Å²) in [6.07, 6.45) is 0.909. The molecule has 1 aromatic carbocycles. The summed E-state index contributed by atoms with van der Waals surface area (Å²) in [7, 11) is 0. The molecule has 0 aliphatic rings. The Kier molecular flexibility index (Phi) is 5.77. The summed E-state index contributed by atoms with van der Waals surface area (Å²) in [5.74, 6) is 0.0216. The number of hydrogen-bond donors (Lipinski definition) is 1. The van der Waals surface area contributed by atoms with Crippen LogP contribution in [0.1, 0.15) is 41.9 Å². The highest BCUT2D eigenvalue weighted by Crippen LogP contribution is 2.21. The highest BCUT2D eigenvalue weighted by atomic mass is 35.5. The Morgan fingerprint density at radius 2 is 2.00 bits per heavy atom. The molecule has 1 heterocycles. The third kappa shape index (κ3) is 4.55. The zero-order valence-electron chi connectivity index (χ0n) is 13.6. The number of amides is 1. The van der Waals surface area contributed by atoms with Crippen molar-refractivity contribution in [1.82, 2.24) is 15.1 Å². The molecule has 0 aliphatic heterocycles. The zero-order chi connectivity index (χ0) is 17.0. The van der Waals surface area contributed by atoms with Crippen molar-refractivity contribution in [2.45, 2.75) is 33.7 Å². The maximum atomic E-state index is 13.0. The Morgan fingerprint density at radius 3 is 2.61 bits per heavy atom. The first-order valence-corrected chi connectivity index (χ1v) is 8.01. The lowest BCUT2D eigenvalue weighted by Gasteiger charge is -2.07. The molecule has 124 valence electrons. The van der Waals surface area contributed by atoms with Crippen LogP contribution in [0.4, 0.5) is 4.39 Å². The number of nitrogens with zero attached hydrogens (tertiary/aromatic N) is 2. The zero-order valence-corrected chi connectivity index (χ0v) is 14.3. The largest absolute Gasteiger partial charge is 0.352 e. The number of benzene rings is 1. The molecule has 0 atom stereocenters. The first kappa shape index (κ1) is 17.5. The van der Waals surface area contributed by atoms with Crippen LogP contribution in [0.5, 0.6) is 0 Å². The number of hydrogen-bond acceptors (Lipinski definition) is 2. The van der Waals surface area contributed by atoms with E-state index in [1.165, 1.54) is 12.1 Å². The first-order chi connectivity index (χ1) is 10.9. The monoisotopic (exact) mass is 337 g/mol. The molecule has 2 rings (SSSR count). The Labute approximate surface area is 140 Å². The number of carbonyl (C=O) groups excluding carboxylic acids is 1. The van der Waals surface area contributed by atoms with Gasteiger partial charge >= 0.3 is 0 Å². The summed E-state index contributed by atoms with van der Waals surface area (Å²) in [4.78, 5) is 12.3. The van der Waals surface area contributed by atoms with Gasteiger partial charge in [-0.15, -0.1) is 0 Å². The second kappa shape index (κ2) is 7.59. The standard InChI is InChI=1S/C17H21ClFN3O/c1-11(2)8-9-20-17(23)15-12(3)21-22(16(15)18)10-13-4-6-14(19)7-5-13/h4-7,11H,8-10H2,1-3H3,(H,20,23). The SMILES string of the molecule is Cc1nn(Cc2ccc(F)cc2)c(Cl)c1C(=O)NCCC(C)C. The van der Waals surface area contributed by atoms with Crippen molar-refractivity contribution in [3.05, 3.63) is 52.1 Å². The minimum atomic E-state index is -0.290. The molecule has 0 saturated carbocycles. The minimum Gasteiger partial charge on any atom is -0.352 e. The van der Waals surface area contributed by atoms with Gasteiger partial charge in [0.05, 0.1) is 17.8 Å². The average molecular weight is 338 g/mol. The van der Waals surface area contributed by atoms with E-state index in [9.17, 15) is 9.18 Å². The molecule has 6 heteroatoms. The third-order valence-corrected chi connectivity index (χ3v) is 3.93. The summed E-state index contributed by atoms with van der Waals surface area (Å²) >= 11 is 6.31. The molecule has 0 aliphatic carbocycles. The number of aryl methyl sites for hydroxylation is 1. The Hall–Kier alpha value is -1.88. The van der Waals surface area contributed by atoms with Crippen molar-refractivity contribution < 1.29 is 9.18 Å². The van der Waals surface area contributed by atoms with Gasteiger partial charge < -0.3 is 5.32 Å². The van der Waals surface area contributed by atoms with Crippen LogP contribution in [0.15, 0.2) is 24.3 Å². The van der Waals surface area contributed by atoms with Crippen LogP contribution >= 0.6 is 11.6 Å². The highest BCUT2D eigenvalue weighted by molar-refractivity contribution is 6.33. The quantitative estimate of drug-likeness (QED) is 0.871. The van der Waals surface area contributed by atoms with E-state index >= 15 is 0 Å². The van der Waals surface area contributed by atoms with E-state index in [2.05, 4.69) is 24.3 Å². The molecule has 2 aromatic rings. The van der Waals surface area contributed by atoms with E-state index in [1.807, 2.05) is 0 Å². The molecule has 0 saturated heterocycles. The Bertz CT molecular complexity index is 680. The van der Waals surface area contributed by atoms with Crippen LogP contribution in [0.3, 0.4) is 0 Å². The molecule has 1 aromatic heterocycles. The van der Waals surface area contributed by atoms with Gasteiger partial charge in [-0.1, -0.05) is 37.6 Å². The van der Waals surface area contributed by atoms with Gasteiger partial charge in [0.25, 0.3) is 5.91 Å². The maximum Gasteiger partial charge on any atom is 0.256 e. The molecule has 0 fully saturated rings. The summed E-state index contributed by atoms with van der Waals surface area (Å²) in [6.45, 7) is 6.95. The van der Waals surface area contributed by atoms with E-state index in [0.717, 1.165) is 12.0 Å². The second-order valence-electron chi connectivity index (χ2n) is 5.97. The highest BCUT2D eigenvalue weighted by Gasteiger charge is 2.20. The van der Waals surface area contributed by atoms with Crippen molar-refractivity contribution in [1.29, 1.82) is 0 Å². The Balaban J connectivity index is 2.12. The van der Waals surface area contributed by atoms with Crippen molar-refractivity contribution in [2.24, 2.45) is 5.92 Å². The number of halogens is 2. The van der Waals surface area contributed by atoms with Crippen molar-refractivity contribution in [3.63, 3.8) is 0 Å². The molecule has 23 heavy (non-hydrogen) atoms. The van der Waals surface area contributed by atoms with E-state index in [4.69, 9.17) is 11.6 Å². The predicted octanol–water partition coefficient (Wildman–Crippen LogP) is 3.81. The number of rotatable bonds is 6. The van der Waals surface area contributed by atoms with Gasteiger partial charge in [0, 0.05) is 6.54 Å². The fourth-order valence-corrected chi connectivity index (χ4v) is 2.56. The number of carbonyl (C=O) groups is 1. The van der Waals surface area contributed by atoms with Crippen LogP contribution < -0.4 is 5.32 Å². The lowest BCUT2D eigenvalue weighted by molar-refractivity contribution is 0.0951. The lowest BCUT2D eigenvalue weighted by atomic mass is 10.1. The normalized spacial score (nSPS) is 11.0. The van der Waals surface area contributed by atoms with Crippen LogP contribution in [-0.4, -0.2) is 22.2 Å². The van der Waals surface area contributed by atoms with E-state index in [1.54, 1.807) is 23.7 Å². The van der Waals surface area contributed by atoms with E-state index in [0.29, 0.717) is 35.4 Å². The number of aromatic nitrogens is 2. The molecule has 1 amide bonds. The van der Waals surface area contributed by atoms with Gasteiger partial charge in [0.1, 0.15) is 11.0 Å². The van der Waals surface area contributed by atoms with Gasteiger partial charge in [-0.25, -0.2) is 9.07 Å². The van der Waals surface area contributed by atoms with Crippen LogP contribution in [0.25, 0.3) is 0 Å². The molecular weight excluding hydrogens is 317 g/mol. The first-order valence-electron chi connectivity index (χ1n) is 7.64. The predicted molar refractivity (Wildman–Crippen MR) is 89.3 cm³/mol. The molecule has 0 radical (unpaired) electrons. The van der Waals surface area contributed by atoms with Gasteiger partial charge in [0.15, 0.2) is 0 Å². The lowest BCUT2D eigenvalue weighted by Crippen LogP contribution is -2.26. The molecule has 4 nitrogen and oxygen atoms in total. The molecule has 0 unspecified atom stereocenters. The summed E-state index contributed by atoms with van der Waals surface area (Å²) in [5, 5.41) is 7.49. The number of nitrogens with one attached hydrogen (secondary N) is 1. The van der Waals surface area contributed by atoms with Crippen LogP contribution in [0.2, 0.25) is 5.15 Å². The smallest absolute Gasteiger partial charge is 0.256 e. The topological polar surface area (TPSA) is 46.9 Å². The van der Waals surface area contributed by atoms with Gasteiger partial charge in [-0.3, -0.25) is 4.79 Å². The maximum absolute atomic E-state index is 13.0. The van der Waals surface area contributed by atoms with Crippen molar-refractivity contribution >= 4 is 17.5 Å². The van der Waals surface area contributed by atoms with Gasteiger partial charge in [0.2, 0.25) is 0 Å². The van der Waals surface area contributed by atoms with Crippen LogP contribution in [0, 0.1) is 18.7 Å². The molecular formula is C17H21ClFN3O. The van der Waals surface area contributed by atoms with Crippen molar-refractivity contribution in [2.75, 3.05) is 6.54 Å². The minimum absolute atomic E-state index is 0.210. The third-order valence-electron chi connectivity index (χ3n) is 3.55. The summed E-state index contributed by atoms with van der Waals surface area (Å²) < 4.78 is 14.5. The fourth-order valence-electron chi connectivity index (χ4n) is 2.24. The van der Waals surface area contributed by atoms with Gasteiger partial charge in [-0.2, -0.15) is 5.10 Å². The summed E-state index contributed by atoms with van der Waals surface area (Å²) in [6, 6.07) is 6.12. The average Bonchev–Trinajstić information content (AvgIpc) is 2.75. The fraction of sp³-hybridized carbons (Fsp3) is 0.412. The molecule has 1 N–H and O–H groups in total. The summed E-state index contributed by atoms with van der Waals surface area (Å²) in [5.41, 5.74) is 1.85. The molecule has 0 bridgehead atoms. The van der Waals surface area contributed by atoms with E-state index in [-0.39, 0.29) is 11.7 Å². The van der Waals surface area contributed by atoms with Crippen molar-refractivity contribution in [3.8, 4) is 0 Å². The van der Waals surface area contributed by atoms with Crippen LogP contribution in [-0.2, 0) is 6.54 Å². The van der Waals surface area contributed by atoms with E-state index < -0.39 is 0 Å². The van der Waals surface area contributed by atoms with Gasteiger partial charge in [-0.05, 0) is 37.0 Å².